The van der Waals surface area contributed by atoms with Gasteiger partial charge in [0.05, 0.1) is 19.1 Å². The molecular formula is C25H34O6. The molecule has 4 aliphatic carbocycles. The van der Waals surface area contributed by atoms with Crippen molar-refractivity contribution in [3.8, 4) is 0 Å². The smallest absolute Gasteiger partial charge is 0.309 e. The van der Waals surface area contributed by atoms with Crippen molar-refractivity contribution >= 4 is 17.7 Å². The quantitative estimate of drug-likeness (QED) is 0.623. The van der Waals surface area contributed by atoms with E-state index in [0.717, 1.165) is 37.7 Å². The molecule has 0 aromatic rings. The number of carbonyl (C=O) groups excluding carboxylic acids is 3. The zero-order valence-corrected chi connectivity index (χ0v) is 19.1. The number of carbonyl (C=O) groups is 3. The highest BCUT2D eigenvalue weighted by atomic mass is 16.6. The van der Waals surface area contributed by atoms with Gasteiger partial charge in [0.2, 0.25) is 0 Å². The monoisotopic (exact) mass is 430 g/mol. The standard InChI is InChI=1S/C25H34O6/c1-23-8-5-15(26)11-14(23)12-16(22(28)30-4)20-17-6-9-25(10-7-19(27)31-25)24(17,2)13-18(29-3)21(20)23/h11,16-18,20-21H,5-10,12-13H2,1-4H3/t16-,17?,18-,20?,21?,23+,24+,25?/m1/s1. The van der Waals surface area contributed by atoms with E-state index in [4.69, 9.17) is 14.2 Å². The van der Waals surface area contributed by atoms with Crippen molar-refractivity contribution in [1.29, 1.82) is 0 Å². The van der Waals surface area contributed by atoms with E-state index in [1.807, 2.05) is 0 Å². The third kappa shape index (κ3) is 2.69. The largest absolute Gasteiger partial charge is 0.469 e. The summed E-state index contributed by atoms with van der Waals surface area (Å²) >= 11 is 0. The number of ether oxygens (including phenoxy) is 3. The average molecular weight is 431 g/mol. The van der Waals surface area contributed by atoms with Crippen molar-refractivity contribution in [2.45, 2.75) is 76.9 Å². The van der Waals surface area contributed by atoms with Crippen LogP contribution in [0.15, 0.2) is 11.6 Å². The van der Waals surface area contributed by atoms with E-state index in [1.54, 1.807) is 13.2 Å². The fourth-order valence-corrected chi connectivity index (χ4v) is 8.54. The van der Waals surface area contributed by atoms with Gasteiger partial charge in [-0.05, 0) is 67.8 Å². The minimum atomic E-state index is -0.448. The molecule has 1 saturated heterocycles. The van der Waals surface area contributed by atoms with Crippen LogP contribution in [0.5, 0.6) is 0 Å². The molecular weight excluding hydrogens is 396 g/mol. The minimum Gasteiger partial charge on any atom is -0.469 e. The fraction of sp³-hybridized carbons (Fsp3) is 0.800. The fourth-order valence-electron chi connectivity index (χ4n) is 8.54. The molecule has 31 heavy (non-hydrogen) atoms. The Morgan fingerprint density at radius 1 is 1.13 bits per heavy atom. The number of hydrogen-bond acceptors (Lipinski definition) is 6. The molecule has 5 rings (SSSR count). The number of rotatable bonds is 2. The summed E-state index contributed by atoms with van der Waals surface area (Å²) in [5.41, 5.74) is 0.255. The van der Waals surface area contributed by atoms with Gasteiger partial charge in [0.25, 0.3) is 0 Å². The van der Waals surface area contributed by atoms with Gasteiger partial charge in [0.15, 0.2) is 5.78 Å². The molecule has 0 amide bonds. The summed E-state index contributed by atoms with van der Waals surface area (Å²) in [6, 6.07) is 0. The van der Waals surface area contributed by atoms with E-state index in [9.17, 15) is 14.4 Å². The zero-order chi connectivity index (χ0) is 22.2. The second-order valence-electron chi connectivity index (χ2n) is 11.0. The molecule has 0 aromatic carbocycles. The van der Waals surface area contributed by atoms with Crippen LogP contribution in [0.3, 0.4) is 0 Å². The number of allylic oxidation sites excluding steroid dienone is 1. The Bertz CT molecular complexity index is 862. The van der Waals surface area contributed by atoms with Gasteiger partial charge >= 0.3 is 11.9 Å². The highest BCUT2D eigenvalue weighted by Crippen LogP contribution is 2.71. The van der Waals surface area contributed by atoms with Gasteiger partial charge in [-0.15, -0.1) is 0 Å². The molecule has 1 spiro atoms. The first kappa shape index (κ1) is 21.2. The highest BCUT2D eigenvalue weighted by Gasteiger charge is 2.71. The van der Waals surface area contributed by atoms with Crippen molar-refractivity contribution in [1.82, 2.24) is 0 Å². The Hall–Kier alpha value is -1.69. The van der Waals surface area contributed by atoms with Crippen LogP contribution in [0, 0.1) is 34.5 Å². The molecule has 0 radical (unpaired) electrons. The maximum atomic E-state index is 13.1. The van der Waals surface area contributed by atoms with E-state index >= 15 is 0 Å². The van der Waals surface area contributed by atoms with Crippen molar-refractivity contribution < 1.29 is 28.6 Å². The Morgan fingerprint density at radius 2 is 1.90 bits per heavy atom. The van der Waals surface area contributed by atoms with E-state index in [-0.39, 0.29) is 58.3 Å². The third-order valence-electron chi connectivity index (χ3n) is 10.1. The lowest BCUT2D eigenvalue weighted by Crippen LogP contribution is -2.63. The van der Waals surface area contributed by atoms with Crippen LogP contribution >= 0.6 is 0 Å². The number of hydrogen-bond donors (Lipinski definition) is 0. The van der Waals surface area contributed by atoms with Gasteiger partial charge in [0, 0.05) is 25.4 Å². The van der Waals surface area contributed by atoms with Crippen LogP contribution in [-0.4, -0.2) is 43.6 Å². The van der Waals surface area contributed by atoms with Gasteiger partial charge < -0.3 is 14.2 Å². The topological polar surface area (TPSA) is 78.9 Å². The van der Waals surface area contributed by atoms with Crippen LogP contribution < -0.4 is 0 Å². The van der Waals surface area contributed by atoms with Crippen molar-refractivity contribution in [2.75, 3.05) is 14.2 Å². The summed E-state index contributed by atoms with van der Waals surface area (Å²) in [5, 5.41) is 0. The molecule has 5 aliphatic rings. The number of fused-ring (bicyclic) bond motifs is 6. The first-order valence-electron chi connectivity index (χ1n) is 11.8. The molecule has 1 aliphatic heterocycles. The predicted octanol–water partition coefficient (Wildman–Crippen LogP) is 3.62. The summed E-state index contributed by atoms with van der Waals surface area (Å²) in [5.74, 6) is 0.0465. The van der Waals surface area contributed by atoms with Crippen LogP contribution in [0.4, 0.5) is 0 Å². The Morgan fingerprint density at radius 3 is 2.55 bits per heavy atom. The SMILES string of the molecule is COC(=O)[C@@H]1CC2=CC(=O)CC[C@]2(C)C2C1C1CCC3(CCC(=O)O3)[C@@]1(C)C[C@H]2OC. The lowest BCUT2D eigenvalue weighted by atomic mass is 9.43. The van der Waals surface area contributed by atoms with E-state index in [2.05, 4.69) is 13.8 Å². The summed E-state index contributed by atoms with van der Waals surface area (Å²) < 4.78 is 17.5. The van der Waals surface area contributed by atoms with Crippen molar-refractivity contribution in [3.05, 3.63) is 11.6 Å². The van der Waals surface area contributed by atoms with Crippen LogP contribution in [0.1, 0.15) is 65.2 Å². The predicted molar refractivity (Wildman–Crippen MR) is 112 cm³/mol. The molecule has 170 valence electrons. The second-order valence-corrected chi connectivity index (χ2v) is 11.0. The van der Waals surface area contributed by atoms with Crippen LogP contribution in [-0.2, 0) is 28.6 Å². The van der Waals surface area contributed by atoms with E-state index in [0.29, 0.717) is 19.3 Å². The van der Waals surface area contributed by atoms with E-state index < -0.39 is 5.60 Å². The molecule has 1 heterocycles. The molecule has 3 saturated carbocycles. The lowest BCUT2D eigenvalue weighted by molar-refractivity contribution is -0.201. The maximum Gasteiger partial charge on any atom is 0.309 e. The van der Waals surface area contributed by atoms with Gasteiger partial charge in [-0.3, -0.25) is 14.4 Å². The summed E-state index contributed by atoms with van der Waals surface area (Å²) in [7, 11) is 3.21. The summed E-state index contributed by atoms with van der Waals surface area (Å²) in [6.07, 6.45) is 7.50. The van der Waals surface area contributed by atoms with Crippen LogP contribution in [0.25, 0.3) is 0 Å². The number of esters is 2. The van der Waals surface area contributed by atoms with Crippen molar-refractivity contribution in [2.24, 2.45) is 34.5 Å². The Kier molecular flexibility index (Phi) is 4.71. The van der Waals surface area contributed by atoms with Crippen LogP contribution in [0.2, 0.25) is 0 Å². The molecule has 0 bridgehead atoms. The Labute approximate surface area is 184 Å². The number of ketones is 1. The molecule has 8 atom stereocenters. The molecule has 0 N–H and O–H groups in total. The third-order valence-corrected chi connectivity index (χ3v) is 10.1. The lowest BCUT2D eigenvalue weighted by Gasteiger charge is -2.62. The zero-order valence-electron chi connectivity index (χ0n) is 19.1. The molecule has 0 aromatic heterocycles. The maximum absolute atomic E-state index is 13.1. The highest BCUT2D eigenvalue weighted by molar-refractivity contribution is 5.92. The summed E-state index contributed by atoms with van der Waals surface area (Å²) in [4.78, 5) is 37.5. The molecule has 4 unspecified atom stereocenters. The van der Waals surface area contributed by atoms with Gasteiger partial charge in [-0.25, -0.2) is 0 Å². The molecule has 6 heteroatoms. The first-order valence-corrected chi connectivity index (χ1v) is 11.8. The normalized spacial score (nSPS) is 48.5. The Balaban J connectivity index is 1.64. The average Bonchev–Trinajstić information content (AvgIpc) is 3.27. The molecule has 6 nitrogen and oxygen atoms in total. The first-order chi connectivity index (χ1) is 14.7. The second kappa shape index (κ2) is 6.90. The summed E-state index contributed by atoms with van der Waals surface area (Å²) in [6.45, 7) is 4.53. The van der Waals surface area contributed by atoms with E-state index in [1.165, 1.54) is 7.11 Å². The van der Waals surface area contributed by atoms with Crippen molar-refractivity contribution in [3.63, 3.8) is 0 Å². The minimum absolute atomic E-state index is 0.0606. The van der Waals surface area contributed by atoms with Gasteiger partial charge in [-0.2, -0.15) is 0 Å². The molecule has 4 fully saturated rings. The van der Waals surface area contributed by atoms with Gasteiger partial charge in [0.1, 0.15) is 5.60 Å². The van der Waals surface area contributed by atoms with Gasteiger partial charge in [-0.1, -0.05) is 19.4 Å². The number of methoxy groups -OCH3 is 2.